The first-order chi connectivity index (χ1) is 22.0. The molecule has 4 rings (SSSR count). The number of rotatable bonds is 14. The Labute approximate surface area is 294 Å². The molecule has 1 aliphatic rings. The molecule has 1 atom stereocenters. The third kappa shape index (κ3) is 9.35. The van der Waals surface area contributed by atoms with Gasteiger partial charge in [-0.15, -0.1) is 11.8 Å². The van der Waals surface area contributed by atoms with Gasteiger partial charge in [0, 0.05) is 16.3 Å². The summed E-state index contributed by atoms with van der Waals surface area (Å²) in [7, 11) is 0. The van der Waals surface area contributed by atoms with E-state index in [2.05, 4.69) is 24.2 Å². The average Bonchev–Trinajstić information content (AvgIpc) is 3.28. The van der Waals surface area contributed by atoms with E-state index in [1.54, 1.807) is 25.1 Å². The molecule has 0 radical (unpaired) electrons. The quantitative estimate of drug-likeness (QED) is 0.128. The smallest absolute Gasteiger partial charge is 0.267 e. The van der Waals surface area contributed by atoms with E-state index >= 15 is 0 Å². The topological polar surface area (TPSA) is 83.0 Å². The summed E-state index contributed by atoms with van der Waals surface area (Å²) in [6.07, 6.45) is 6.90. The minimum Gasteiger partial charge on any atom is -0.492 e. The van der Waals surface area contributed by atoms with Crippen molar-refractivity contribution in [2.75, 3.05) is 16.9 Å². The van der Waals surface area contributed by atoms with Gasteiger partial charge in [0.1, 0.15) is 22.5 Å². The van der Waals surface area contributed by atoms with Gasteiger partial charge in [0.05, 0.1) is 32.3 Å². The first-order valence-corrected chi connectivity index (χ1v) is 17.4. The first-order valence-electron chi connectivity index (χ1n) is 15.0. The lowest BCUT2D eigenvalue weighted by molar-refractivity contribution is -0.116. The molecule has 2 N–H and O–H groups in total. The van der Waals surface area contributed by atoms with Gasteiger partial charge in [-0.2, -0.15) is 0 Å². The van der Waals surface area contributed by atoms with Gasteiger partial charge in [-0.05, 0) is 68.3 Å². The molecule has 244 valence electrons. The third-order valence-electron chi connectivity index (χ3n) is 7.06. The number of nitrogens with zero attached hydrogens (tertiary/aromatic N) is 2. The van der Waals surface area contributed by atoms with Crippen molar-refractivity contribution in [3.63, 3.8) is 0 Å². The number of hydrogen-bond acceptors (Lipinski definition) is 5. The van der Waals surface area contributed by atoms with Crippen LogP contribution >= 0.6 is 58.2 Å². The summed E-state index contributed by atoms with van der Waals surface area (Å²) in [5.41, 5.74) is 5.50. The molecule has 1 aliphatic heterocycles. The van der Waals surface area contributed by atoms with E-state index in [1.165, 1.54) is 54.6 Å². The maximum Gasteiger partial charge on any atom is 0.267 e. The Morgan fingerprint density at radius 3 is 2.39 bits per heavy atom. The number of nitrogens with one attached hydrogen (secondary N) is 2. The summed E-state index contributed by atoms with van der Waals surface area (Å²) < 4.78 is 6.22. The Morgan fingerprint density at radius 2 is 1.70 bits per heavy atom. The number of hydrazine groups is 1. The highest BCUT2D eigenvalue weighted by Gasteiger charge is 2.41. The molecule has 0 spiro atoms. The predicted molar refractivity (Wildman–Crippen MR) is 194 cm³/mol. The van der Waals surface area contributed by atoms with E-state index in [-0.39, 0.29) is 33.4 Å². The SMILES string of the molecule is C=C(C)C(=O)Nc1ccc(Cl)c(N=C2NN(c3c(Cl)cc(Cl)cc3Cl)C(=O)C2Sc2cc(C)ccc2OCCCCCCCC)c1. The highest BCUT2D eigenvalue weighted by Crippen LogP contribution is 2.42. The van der Waals surface area contributed by atoms with Crippen molar-refractivity contribution in [3.05, 3.63) is 86.3 Å². The Balaban J connectivity index is 1.69. The summed E-state index contributed by atoms with van der Waals surface area (Å²) in [6.45, 7) is 10.0. The molecule has 0 saturated carbocycles. The van der Waals surface area contributed by atoms with Crippen LogP contribution in [0.3, 0.4) is 0 Å². The number of carbonyl (C=O) groups is 2. The number of aliphatic imine (C=N–C) groups is 1. The molecular weight excluding hydrogens is 686 g/mol. The Morgan fingerprint density at radius 1 is 1.00 bits per heavy atom. The zero-order chi connectivity index (χ0) is 33.4. The fourth-order valence-electron chi connectivity index (χ4n) is 4.63. The number of amidine groups is 1. The van der Waals surface area contributed by atoms with Crippen LogP contribution in [-0.4, -0.2) is 29.5 Å². The molecule has 2 amide bonds. The van der Waals surface area contributed by atoms with Gasteiger partial charge in [-0.3, -0.25) is 15.0 Å². The Kier molecular flexibility index (Phi) is 13.1. The maximum atomic E-state index is 14.1. The molecule has 46 heavy (non-hydrogen) atoms. The molecular formula is C34H36Cl4N4O3S. The molecule has 3 aromatic carbocycles. The standard InChI is InChI=1S/C34H36Cl4N4O3S/c1-5-6-7-8-9-10-15-45-28-14-11-21(4)16-29(28)46-31-32(40-27-19-23(12-13-24(27)36)39-33(43)20(2)3)41-42(34(31)44)30-25(37)17-22(35)18-26(30)38/h11-14,16-19,31H,2,5-10,15H2,1,3-4H3,(H,39,43)(H,40,41). The number of halogens is 4. The van der Waals surface area contributed by atoms with Crippen LogP contribution in [0.15, 0.2) is 70.6 Å². The number of anilines is 2. The van der Waals surface area contributed by atoms with Crippen molar-refractivity contribution in [2.24, 2.45) is 4.99 Å². The van der Waals surface area contributed by atoms with Gasteiger partial charge in [0.15, 0.2) is 0 Å². The summed E-state index contributed by atoms with van der Waals surface area (Å²) >= 11 is 27.1. The summed E-state index contributed by atoms with van der Waals surface area (Å²) in [5, 5.41) is 4.20. The van der Waals surface area contributed by atoms with Gasteiger partial charge in [-0.25, -0.2) is 10.0 Å². The lowest BCUT2D eigenvalue weighted by Crippen LogP contribution is -2.36. The van der Waals surface area contributed by atoms with Crippen LogP contribution in [0.1, 0.15) is 57.9 Å². The number of aryl methyl sites for hydroxylation is 1. The van der Waals surface area contributed by atoms with E-state index in [9.17, 15) is 9.59 Å². The molecule has 1 saturated heterocycles. The van der Waals surface area contributed by atoms with Crippen LogP contribution in [-0.2, 0) is 9.59 Å². The largest absolute Gasteiger partial charge is 0.492 e. The second-order valence-electron chi connectivity index (χ2n) is 11.0. The maximum absolute atomic E-state index is 14.1. The van der Waals surface area contributed by atoms with Gasteiger partial charge in [-0.1, -0.05) is 98.1 Å². The molecule has 12 heteroatoms. The number of unbranched alkanes of at least 4 members (excludes halogenated alkanes) is 5. The van der Waals surface area contributed by atoms with Gasteiger partial charge in [0.2, 0.25) is 0 Å². The summed E-state index contributed by atoms with van der Waals surface area (Å²) in [5.74, 6) is 0.265. The minimum atomic E-state index is -0.856. The van der Waals surface area contributed by atoms with Crippen LogP contribution in [0.2, 0.25) is 20.1 Å². The molecule has 0 bridgehead atoms. The molecule has 1 heterocycles. The zero-order valence-corrected chi connectivity index (χ0v) is 29.7. The lowest BCUT2D eigenvalue weighted by Gasteiger charge is -2.19. The summed E-state index contributed by atoms with van der Waals surface area (Å²) in [6, 6.07) is 13.8. The van der Waals surface area contributed by atoms with Crippen LogP contribution < -0.4 is 20.5 Å². The normalized spacial score (nSPS) is 15.3. The Bertz CT molecular complexity index is 1630. The van der Waals surface area contributed by atoms with Gasteiger partial charge < -0.3 is 10.1 Å². The van der Waals surface area contributed by atoms with Crippen molar-refractivity contribution in [1.82, 2.24) is 5.43 Å². The number of ether oxygens (including phenoxy) is 1. The first kappa shape index (κ1) is 36.0. The molecule has 0 aliphatic carbocycles. The van der Waals surface area contributed by atoms with E-state index in [0.717, 1.165) is 23.3 Å². The number of thioether (sulfide) groups is 1. The number of carbonyl (C=O) groups excluding carboxylic acids is 2. The number of hydrogen-bond donors (Lipinski definition) is 2. The monoisotopic (exact) mass is 720 g/mol. The van der Waals surface area contributed by atoms with E-state index in [0.29, 0.717) is 39.3 Å². The Hall–Kier alpha value is -2.88. The fraction of sp³-hybridized carbons (Fsp3) is 0.324. The summed E-state index contributed by atoms with van der Waals surface area (Å²) in [4.78, 5) is 31.9. The van der Waals surface area contributed by atoms with Crippen LogP contribution in [0.4, 0.5) is 17.1 Å². The number of amides is 2. The second-order valence-corrected chi connectivity index (χ2v) is 13.8. The molecule has 1 unspecified atom stereocenters. The van der Waals surface area contributed by atoms with Gasteiger partial charge in [0.25, 0.3) is 11.8 Å². The highest BCUT2D eigenvalue weighted by molar-refractivity contribution is 8.01. The third-order valence-corrected chi connectivity index (χ3v) is 9.40. The fourth-order valence-corrected chi connectivity index (χ4v) is 6.95. The van der Waals surface area contributed by atoms with Crippen molar-refractivity contribution in [1.29, 1.82) is 0 Å². The molecule has 1 fully saturated rings. The minimum absolute atomic E-state index is 0.185. The second kappa shape index (κ2) is 16.8. The molecule has 7 nitrogen and oxygen atoms in total. The van der Waals surface area contributed by atoms with E-state index < -0.39 is 5.25 Å². The van der Waals surface area contributed by atoms with Crippen molar-refractivity contribution < 1.29 is 14.3 Å². The van der Waals surface area contributed by atoms with Crippen LogP contribution in [0, 0.1) is 6.92 Å². The highest BCUT2D eigenvalue weighted by atomic mass is 35.5. The zero-order valence-electron chi connectivity index (χ0n) is 25.9. The number of benzene rings is 3. The predicted octanol–water partition coefficient (Wildman–Crippen LogP) is 10.6. The molecule has 3 aromatic rings. The van der Waals surface area contributed by atoms with Crippen LogP contribution in [0.25, 0.3) is 0 Å². The lowest BCUT2D eigenvalue weighted by atomic mass is 10.1. The molecule has 0 aromatic heterocycles. The van der Waals surface area contributed by atoms with Crippen molar-refractivity contribution in [3.8, 4) is 5.75 Å². The van der Waals surface area contributed by atoms with Crippen molar-refractivity contribution in [2.45, 2.75) is 69.4 Å². The van der Waals surface area contributed by atoms with Crippen LogP contribution in [0.5, 0.6) is 5.75 Å². The van der Waals surface area contributed by atoms with E-state index in [4.69, 9.17) is 56.1 Å². The van der Waals surface area contributed by atoms with Gasteiger partial charge >= 0.3 is 0 Å². The van der Waals surface area contributed by atoms with E-state index in [1.807, 2.05) is 25.1 Å². The van der Waals surface area contributed by atoms with Crippen molar-refractivity contribution >= 4 is 92.9 Å². The average molecular weight is 723 g/mol.